The number of ether oxygens (including phenoxy) is 3. The molecule has 0 atom stereocenters. The number of methoxy groups -OCH3 is 1. The summed E-state index contributed by atoms with van der Waals surface area (Å²) >= 11 is 0. The largest absolute Gasteiger partial charge is 0.733 e. The Kier molecular flexibility index (Phi) is 3.19. The lowest BCUT2D eigenvalue weighted by atomic mass is 9.95. The summed E-state index contributed by atoms with van der Waals surface area (Å²) in [5.74, 6) is 0.176. The van der Waals surface area contributed by atoms with Crippen molar-refractivity contribution < 1.29 is 24.2 Å². The topological polar surface area (TPSA) is 91.3 Å². The molecule has 0 unspecified atom stereocenters. The minimum Gasteiger partial charge on any atom is -0.733 e. The van der Waals surface area contributed by atoms with Crippen molar-refractivity contribution in [3.8, 4) is 11.5 Å². The van der Waals surface area contributed by atoms with E-state index in [4.69, 9.17) is 14.2 Å². The quantitative estimate of drug-likeness (QED) is 0.439. The number of hydrogen-bond acceptors (Lipinski definition) is 7. The normalized spacial score (nSPS) is 12.6. The second-order valence-electron chi connectivity index (χ2n) is 5.29. The number of anilines is 1. The van der Waals surface area contributed by atoms with Gasteiger partial charge in [-0.1, -0.05) is 24.3 Å². The molecule has 1 aliphatic heterocycles. The van der Waals surface area contributed by atoms with Crippen LogP contribution in [0.3, 0.4) is 0 Å². The highest BCUT2D eigenvalue weighted by molar-refractivity contribution is 6.22. The average Bonchev–Trinajstić information content (AvgIpc) is 3.07. The molecule has 24 heavy (non-hydrogen) atoms. The summed E-state index contributed by atoms with van der Waals surface area (Å²) in [6, 6.07) is 10.3. The lowest BCUT2D eigenvalue weighted by Gasteiger charge is -2.25. The Bertz CT molecular complexity index is 982. The van der Waals surface area contributed by atoms with Gasteiger partial charge in [0.1, 0.15) is 0 Å². The molecular weight excluding hydrogens is 314 g/mol. The van der Waals surface area contributed by atoms with Gasteiger partial charge in [-0.15, -0.1) is 0 Å². The first-order valence-electron chi connectivity index (χ1n) is 7.14. The number of esters is 1. The van der Waals surface area contributed by atoms with Crippen LogP contribution in [0.1, 0.15) is 10.4 Å². The van der Waals surface area contributed by atoms with Crippen LogP contribution >= 0.6 is 0 Å². The van der Waals surface area contributed by atoms with Crippen molar-refractivity contribution in [3.05, 3.63) is 47.2 Å². The molecule has 0 bridgehead atoms. The number of carbonyl (C=O) groups is 1. The van der Waals surface area contributed by atoms with Crippen molar-refractivity contribution in [1.82, 2.24) is 0 Å². The summed E-state index contributed by atoms with van der Waals surface area (Å²) in [4.78, 5) is 12.2. The van der Waals surface area contributed by atoms with Crippen LogP contribution in [-0.2, 0) is 4.74 Å². The van der Waals surface area contributed by atoms with Gasteiger partial charge in [0, 0.05) is 10.8 Å². The van der Waals surface area contributed by atoms with Gasteiger partial charge in [0.15, 0.2) is 11.5 Å². The molecule has 3 aromatic carbocycles. The van der Waals surface area contributed by atoms with E-state index < -0.39 is 5.97 Å². The Hall–Kier alpha value is -3.03. The van der Waals surface area contributed by atoms with E-state index in [1.54, 1.807) is 6.07 Å². The van der Waals surface area contributed by atoms with Gasteiger partial charge in [-0.05, 0) is 22.9 Å². The van der Waals surface area contributed by atoms with E-state index >= 15 is 0 Å². The molecule has 4 rings (SSSR count). The van der Waals surface area contributed by atoms with E-state index in [9.17, 15) is 15.2 Å². The maximum atomic E-state index is 12.2. The van der Waals surface area contributed by atoms with Gasteiger partial charge in [-0.2, -0.15) is 0 Å². The van der Waals surface area contributed by atoms with E-state index in [0.717, 1.165) is 10.8 Å². The molecule has 1 heterocycles. The molecular formula is C17H12NO6-. The Morgan fingerprint density at radius 1 is 1.25 bits per heavy atom. The Labute approximate surface area is 136 Å². The standard InChI is InChI=1S/C17H12NO6/c1-22-17(19)11-7-13-16(24-8-23-13)15-10-5-3-2-4-9(10)6-12(14(11)15)18(20)21/h2-7,20H,8H2,1H3/q-1. The SMILES string of the molecule is COC(=O)c1cc2c(c3c1c(N([O-])O)cc1ccccc13)OCO2. The Morgan fingerprint density at radius 2 is 2.04 bits per heavy atom. The van der Waals surface area contributed by atoms with Gasteiger partial charge in [0.05, 0.1) is 18.4 Å². The molecule has 0 spiro atoms. The summed E-state index contributed by atoms with van der Waals surface area (Å²) < 4.78 is 15.8. The average molecular weight is 326 g/mol. The van der Waals surface area contributed by atoms with E-state index in [1.165, 1.54) is 19.2 Å². The van der Waals surface area contributed by atoms with Gasteiger partial charge < -0.3 is 24.6 Å². The molecule has 0 aromatic heterocycles. The first-order valence-corrected chi connectivity index (χ1v) is 7.14. The molecule has 0 fully saturated rings. The van der Waals surface area contributed by atoms with Crippen LogP contribution in [0.15, 0.2) is 36.4 Å². The van der Waals surface area contributed by atoms with Crippen molar-refractivity contribution in [1.29, 1.82) is 0 Å². The number of carbonyl (C=O) groups excluding carboxylic acids is 1. The molecule has 1 N–H and O–H groups in total. The third-order valence-electron chi connectivity index (χ3n) is 4.05. The lowest BCUT2D eigenvalue weighted by molar-refractivity contribution is 0.0602. The summed E-state index contributed by atoms with van der Waals surface area (Å²) in [7, 11) is 1.24. The van der Waals surface area contributed by atoms with Crippen molar-refractivity contribution in [2.45, 2.75) is 0 Å². The zero-order valence-corrected chi connectivity index (χ0v) is 12.6. The molecule has 0 radical (unpaired) electrons. The van der Waals surface area contributed by atoms with Gasteiger partial charge in [0.2, 0.25) is 6.79 Å². The minimum absolute atomic E-state index is 0.00777. The van der Waals surface area contributed by atoms with E-state index in [1.807, 2.05) is 18.2 Å². The van der Waals surface area contributed by atoms with Crippen LogP contribution in [0.2, 0.25) is 0 Å². The predicted octanol–water partition coefficient (Wildman–Crippen LogP) is 3.20. The number of fused-ring (bicyclic) bond motifs is 5. The highest BCUT2D eigenvalue weighted by Gasteiger charge is 2.26. The Balaban J connectivity index is 2.28. The second-order valence-corrected chi connectivity index (χ2v) is 5.29. The van der Waals surface area contributed by atoms with Crippen LogP contribution in [0.4, 0.5) is 5.69 Å². The number of nitrogens with zero attached hydrogens (tertiary/aromatic N) is 1. The number of hydrogen-bond donors (Lipinski definition) is 1. The van der Waals surface area contributed by atoms with Gasteiger partial charge in [-0.25, -0.2) is 4.79 Å². The molecule has 7 nitrogen and oxygen atoms in total. The fraction of sp³-hybridized carbons (Fsp3) is 0.118. The molecule has 122 valence electrons. The summed E-state index contributed by atoms with van der Waals surface area (Å²) in [6.07, 6.45) is 0. The Morgan fingerprint density at radius 3 is 2.79 bits per heavy atom. The fourth-order valence-electron chi connectivity index (χ4n) is 3.06. The van der Waals surface area contributed by atoms with Crippen molar-refractivity contribution in [2.75, 3.05) is 19.1 Å². The van der Waals surface area contributed by atoms with Crippen LogP contribution < -0.4 is 14.7 Å². The highest BCUT2D eigenvalue weighted by Crippen LogP contribution is 2.47. The fourth-order valence-corrected chi connectivity index (χ4v) is 3.06. The molecule has 0 saturated carbocycles. The predicted molar refractivity (Wildman–Crippen MR) is 86.5 cm³/mol. The minimum atomic E-state index is -0.642. The van der Waals surface area contributed by atoms with Gasteiger partial charge >= 0.3 is 5.97 Å². The second kappa shape index (κ2) is 5.26. The molecule has 0 saturated heterocycles. The van der Waals surface area contributed by atoms with Crippen LogP contribution in [0.25, 0.3) is 21.5 Å². The summed E-state index contributed by atoms with van der Waals surface area (Å²) in [6.45, 7) is 0.00777. The van der Waals surface area contributed by atoms with E-state index in [0.29, 0.717) is 16.9 Å². The van der Waals surface area contributed by atoms with Gasteiger partial charge in [-0.3, -0.25) is 5.21 Å². The van der Waals surface area contributed by atoms with Crippen LogP contribution in [0, 0.1) is 5.21 Å². The van der Waals surface area contributed by atoms with E-state index in [-0.39, 0.29) is 28.7 Å². The lowest BCUT2D eigenvalue weighted by Crippen LogP contribution is -2.11. The summed E-state index contributed by atoms with van der Waals surface area (Å²) in [5, 5.41) is 23.3. The maximum absolute atomic E-state index is 12.2. The highest BCUT2D eigenvalue weighted by atomic mass is 16.8. The van der Waals surface area contributed by atoms with Gasteiger partial charge in [0.25, 0.3) is 0 Å². The first kappa shape index (κ1) is 14.6. The van der Waals surface area contributed by atoms with E-state index in [2.05, 4.69) is 0 Å². The molecule has 0 aliphatic carbocycles. The molecule has 7 heteroatoms. The zero-order chi connectivity index (χ0) is 16.8. The monoisotopic (exact) mass is 326 g/mol. The molecule has 1 aliphatic rings. The van der Waals surface area contributed by atoms with Crippen molar-refractivity contribution in [3.63, 3.8) is 0 Å². The molecule has 0 amide bonds. The zero-order valence-electron chi connectivity index (χ0n) is 12.6. The van der Waals surface area contributed by atoms with Crippen LogP contribution in [0.5, 0.6) is 11.5 Å². The third kappa shape index (κ3) is 1.96. The maximum Gasteiger partial charge on any atom is 0.338 e. The summed E-state index contributed by atoms with van der Waals surface area (Å²) in [5.41, 5.74) is 0.0507. The van der Waals surface area contributed by atoms with Crippen molar-refractivity contribution in [2.24, 2.45) is 0 Å². The first-order chi connectivity index (χ1) is 11.6. The van der Waals surface area contributed by atoms with Crippen LogP contribution in [-0.4, -0.2) is 25.1 Å². The number of benzene rings is 3. The number of rotatable bonds is 2. The smallest absolute Gasteiger partial charge is 0.338 e. The molecule has 3 aromatic rings. The van der Waals surface area contributed by atoms with Crippen molar-refractivity contribution >= 4 is 33.2 Å². The third-order valence-corrected chi connectivity index (χ3v) is 4.05.